The van der Waals surface area contributed by atoms with E-state index in [1.807, 2.05) is 6.07 Å². The minimum Gasteiger partial charge on any atom is -0.465 e. The normalized spacial score (nSPS) is 10.8. The number of carbonyl (C=O) groups is 1. The highest BCUT2D eigenvalue weighted by atomic mass is 79.9. The highest BCUT2D eigenvalue weighted by Crippen LogP contribution is 2.22. The zero-order valence-corrected chi connectivity index (χ0v) is 12.7. The number of benzene rings is 1. The van der Waals surface area contributed by atoms with Crippen LogP contribution in [-0.2, 0) is 4.74 Å². The Hall–Kier alpha value is -2.27. The molecule has 1 aromatic heterocycles. The minimum atomic E-state index is -0.499. The Morgan fingerprint density at radius 2 is 1.95 bits per heavy atom. The molecule has 0 unspecified atom stereocenters. The number of esters is 1. The fourth-order valence-corrected chi connectivity index (χ4v) is 2.63. The largest absolute Gasteiger partial charge is 0.465 e. The van der Waals surface area contributed by atoms with Crippen molar-refractivity contribution in [2.45, 2.75) is 0 Å². The number of carbonyl (C=O) groups excluding carboxylic acids is 1. The number of rotatable bonds is 1. The molecule has 2 aromatic carbocycles. The van der Waals surface area contributed by atoms with Gasteiger partial charge in [-0.25, -0.2) is 4.79 Å². The van der Waals surface area contributed by atoms with E-state index in [-0.39, 0.29) is 10.9 Å². The standard InChI is InChI=1S/C16H10BrNO3/c1-21-16(20)13-6-9-4-2-3-5-11(9)15(19)14-12(13)7-10(17)8-18-14/h2-8H,1H3. The number of nitrogens with zero attached hydrogens (tertiary/aromatic N) is 1. The maximum atomic E-state index is 12.6. The van der Waals surface area contributed by atoms with Gasteiger partial charge in [0.05, 0.1) is 12.7 Å². The van der Waals surface area contributed by atoms with Gasteiger partial charge in [-0.3, -0.25) is 9.78 Å². The molecule has 5 heteroatoms. The molecule has 104 valence electrons. The molecular weight excluding hydrogens is 334 g/mol. The van der Waals surface area contributed by atoms with Crippen LogP contribution in [0.5, 0.6) is 0 Å². The predicted octanol–water partition coefficient (Wildman–Crippen LogP) is 3.30. The molecule has 0 atom stereocenters. The van der Waals surface area contributed by atoms with Gasteiger partial charge in [-0.1, -0.05) is 24.3 Å². The van der Waals surface area contributed by atoms with Crippen LogP contribution in [0.2, 0.25) is 0 Å². The first-order chi connectivity index (χ1) is 10.1. The number of fused-ring (bicyclic) bond motifs is 2. The monoisotopic (exact) mass is 343 g/mol. The first-order valence-electron chi connectivity index (χ1n) is 6.21. The maximum Gasteiger partial charge on any atom is 0.338 e. The summed E-state index contributed by atoms with van der Waals surface area (Å²) in [7, 11) is 1.31. The van der Waals surface area contributed by atoms with Crippen molar-refractivity contribution in [3.63, 3.8) is 0 Å². The quantitative estimate of drug-likeness (QED) is 0.636. The maximum absolute atomic E-state index is 12.6. The van der Waals surface area contributed by atoms with Gasteiger partial charge in [0.1, 0.15) is 5.52 Å². The van der Waals surface area contributed by atoms with Crippen LogP contribution < -0.4 is 5.43 Å². The lowest BCUT2D eigenvalue weighted by atomic mass is 10.1. The molecule has 0 bridgehead atoms. The summed E-state index contributed by atoms with van der Waals surface area (Å²) in [5.74, 6) is -0.499. The molecule has 0 radical (unpaired) electrons. The van der Waals surface area contributed by atoms with Crippen LogP contribution in [0.1, 0.15) is 10.4 Å². The first kappa shape index (κ1) is 13.7. The number of aromatic nitrogens is 1. The molecule has 21 heavy (non-hydrogen) atoms. The average molecular weight is 344 g/mol. The third-order valence-corrected chi connectivity index (χ3v) is 3.70. The van der Waals surface area contributed by atoms with Crippen LogP contribution in [0, 0.1) is 0 Å². The molecule has 0 fully saturated rings. The predicted molar refractivity (Wildman–Crippen MR) is 84.6 cm³/mol. The van der Waals surface area contributed by atoms with E-state index in [9.17, 15) is 9.59 Å². The van der Waals surface area contributed by atoms with E-state index >= 15 is 0 Å². The Kier molecular flexibility index (Phi) is 3.43. The lowest BCUT2D eigenvalue weighted by molar-refractivity contribution is 0.0603. The molecule has 0 amide bonds. The summed E-state index contributed by atoms with van der Waals surface area (Å²) in [6.07, 6.45) is 1.54. The Balaban J connectivity index is 2.64. The van der Waals surface area contributed by atoms with Gasteiger partial charge >= 0.3 is 5.97 Å². The van der Waals surface area contributed by atoms with Crippen LogP contribution in [0.4, 0.5) is 0 Å². The molecule has 0 saturated carbocycles. The number of ether oxygens (including phenoxy) is 1. The lowest BCUT2D eigenvalue weighted by Crippen LogP contribution is -2.03. The van der Waals surface area contributed by atoms with Gasteiger partial charge in [-0.05, 0) is 33.4 Å². The van der Waals surface area contributed by atoms with E-state index in [4.69, 9.17) is 4.74 Å². The van der Waals surface area contributed by atoms with Crippen molar-refractivity contribution < 1.29 is 9.53 Å². The second-order valence-corrected chi connectivity index (χ2v) is 5.43. The van der Waals surface area contributed by atoms with E-state index in [0.717, 1.165) is 0 Å². The van der Waals surface area contributed by atoms with E-state index < -0.39 is 5.97 Å². The van der Waals surface area contributed by atoms with Gasteiger partial charge < -0.3 is 4.74 Å². The Bertz CT molecular complexity index is 937. The van der Waals surface area contributed by atoms with Gasteiger partial charge in [0.2, 0.25) is 5.43 Å². The average Bonchev–Trinajstić information content (AvgIpc) is 2.62. The molecule has 0 aliphatic carbocycles. The van der Waals surface area contributed by atoms with Gasteiger partial charge in [0.15, 0.2) is 0 Å². The fourth-order valence-electron chi connectivity index (χ4n) is 2.29. The number of halogens is 1. The Labute approximate surface area is 128 Å². The number of pyridine rings is 1. The zero-order valence-electron chi connectivity index (χ0n) is 11.1. The zero-order chi connectivity index (χ0) is 15.0. The third kappa shape index (κ3) is 2.29. The summed E-state index contributed by atoms with van der Waals surface area (Å²) in [6, 6.07) is 10.5. The van der Waals surface area contributed by atoms with Crippen molar-refractivity contribution in [2.24, 2.45) is 0 Å². The summed E-state index contributed by atoms with van der Waals surface area (Å²) in [5.41, 5.74) is 0.364. The highest BCUT2D eigenvalue weighted by Gasteiger charge is 2.14. The van der Waals surface area contributed by atoms with Gasteiger partial charge in [-0.15, -0.1) is 0 Å². The van der Waals surface area contributed by atoms with Crippen LogP contribution >= 0.6 is 15.9 Å². The summed E-state index contributed by atoms with van der Waals surface area (Å²) < 4.78 is 5.52. The van der Waals surface area contributed by atoms with Crippen LogP contribution in [-0.4, -0.2) is 18.1 Å². The van der Waals surface area contributed by atoms with E-state index in [2.05, 4.69) is 20.9 Å². The molecule has 0 N–H and O–H groups in total. The molecular formula is C16H10BrNO3. The van der Waals surface area contributed by atoms with Crippen molar-refractivity contribution in [1.29, 1.82) is 0 Å². The second-order valence-electron chi connectivity index (χ2n) is 4.52. The van der Waals surface area contributed by atoms with Crippen molar-refractivity contribution in [3.05, 3.63) is 62.9 Å². The first-order valence-corrected chi connectivity index (χ1v) is 7.01. The molecule has 0 aliphatic heterocycles. The highest BCUT2D eigenvalue weighted by molar-refractivity contribution is 9.10. The van der Waals surface area contributed by atoms with Crippen LogP contribution in [0.3, 0.4) is 0 Å². The SMILES string of the molecule is COC(=O)c1cc2ccccc2c(=O)c2ncc(Br)cc12. The molecule has 1 heterocycles. The Morgan fingerprint density at radius 1 is 1.19 bits per heavy atom. The Morgan fingerprint density at radius 3 is 2.71 bits per heavy atom. The topological polar surface area (TPSA) is 56.3 Å². The van der Waals surface area contributed by atoms with Crippen molar-refractivity contribution in [1.82, 2.24) is 4.98 Å². The second kappa shape index (κ2) is 5.26. The van der Waals surface area contributed by atoms with Crippen molar-refractivity contribution in [3.8, 4) is 0 Å². The minimum absolute atomic E-state index is 0.205. The summed E-state index contributed by atoms with van der Waals surface area (Å²) in [5, 5.41) is 1.67. The number of methoxy groups -OCH3 is 1. The summed E-state index contributed by atoms with van der Waals surface area (Å²) in [6.45, 7) is 0. The number of hydrogen-bond donors (Lipinski definition) is 0. The van der Waals surface area contributed by atoms with E-state index in [0.29, 0.717) is 26.2 Å². The van der Waals surface area contributed by atoms with Crippen LogP contribution in [0.15, 0.2) is 51.9 Å². The van der Waals surface area contributed by atoms with Gasteiger partial charge in [0, 0.05) is 21.4 Å². The molecule has 3 rings (SSSR count). The number of hydrogen-bond acceptors (Lipinski definition) is 4. The molecule has 0 saturated heterocycles. The van der Waals surface area contributed by atoms with E-state index in [1.54, 1.807) is 36.5 Å². The van der Waals surface area contributed by atoms with Gasteiger partial charge in [0.25, 0.3) is 0 Å². The third-order valence-electron chi connectivity index (χ3n) is 3.27. The van der Waals surface area contributed by atoms with Crippen molar-refractivity contribution >= 4 is 43.6 Å². The summed E-state index contributed by atoms with van der Waals surface area (Å²) in [4.78, 5) is 28.9. The van der Waals surface area contributed by atoms with Crippen molar-refractivity contribution in [2.75, 3.05) is 7.11 Å². The molecule has 0 aliphatic rings. The smallest absolute Gasteiger partial charge is 0.338 e. The molecule has 3 aromatic rings. The lowest BCUT2D eigenvalue weighted by Gasteiger charge is -2.00. The van der Waals surface area contributed by atoms with Crippen LogP contribution in [0.25, 0.3) is 21.7 Å². The van der Waals surface area contributed by atoms with Gasteiger partial charge in [-0.2, -0.15) is 0 Å². The molecule has 0 spiro atoms. The van der Waals surface area contributed by atoms with E-state index in [1.165, 1.54) is 7.11 Å². The molecule has 4 nitrogen and oxygen atoms in total. The fraction of sp³-hybridized carbons (Fsp3) is 0.0625. The summed E-state index contributed by atoms with van der Waals surface area (Å²) >= 11 is 3.32.